The van der Waals surface area contributed by atoms with E-state index < -0.39 is 0 Å². The number of piperazine rings is 1. The molecule has 2 heterocycles. The lowest BCUT2D eigenvalue weighted by atomic mass is 10.1. The molecule has 3 rings (SSSR count). The van der Waals surface area contributed by atoms with Gasteiger partial charge in [-0.3, -0.25) is 14.5 Å². The molecule has 0 unspecified atom stereocenters. The molecule has 0 N–H and O–H groups in total. The monoisotopic (exact) mass is 412 g/mol. The quantitative estimate of drug-likeness (QED) is 0.696. The Morgan fingerprint density at radius 2 is 1.77 bits per heavy atom. The molecule has 0 radical (unpaired) electrons. The third-order valence-electron chi connectivity index (χ3n) is 5.63. The number of benzene rings is 1. The van der Waals surface area contributed by atoms with Crippen molar-refractivity contribution in [3.05, 3.63) is 63.2 Å². The average molecular weight is 413 g/mol. The fourth-order valence-electron chi connectivity index (χ4n) is 3.77. The second-order valence-corrected chi connectivity index (χ2v) is 8.27. The predicted octanol–water partition coefficient (Wildman–Crippen LogP) is 3.53. The van der Waals surface area contributed by atoms with Gasteiger partial charge in [0, 0.05) is 38.2 Å². The number of aryl methyl sites for hydroxylation is 2. The first-order chi connectivity index (χ1) is 14.4. The number of hydrogen-bond acceptors (Lipinski definition) is 5. The minimum atomic E-state index is -0.175. The van der Waals surface area contributed by atoms with Crippen LogP contribution < -0.4 is 10.2 Å². The van der Waals surface area contributed by atoms with Crippen molar-refractivity contribution in [2.75, 3.05) is 26.2 Å². The summed E-state index contributed by atoms with van der Waals surface area (Å²) in [5.74, 6) is 1.14. The van der Waals surface area contributed by atoms with Gasteiger partial charge in [0.2, 0.25) is 17.1 Å². The molecule has 0 saturated carbocycles. The number of hydrogen-bond donors (Lipinski definition) is 0. The van der Waals surface area contributed by atoms with E-state index in [1.807, 2.05) is 32.6 Å². The zero-order valence-electron chi connectivity index (χ0n) is 18.4. The molecule has 6 heteroatoms. The van der Waals surface area contributed by atoms with Crippen LogP contribution in [-0.2, 0) is 17.9 Å². The van der Waals surface area contributed by atoms with Gasteiger partial charge >= 0.3 is 0 Å². The Hall–Kier alpha value is -2.60. The van der Waals surface area contributed by atoms with E-state index in [1.54, 1.807) is 0 Å². The van der Waals surface area contributed by atoms with Gasteiger partial charge in [-0.25, -0.2) is 0 Å². The Morgan fingerprint density at radius 1 is 1.10 bits per heavy atom. The average Bonchev–Trinajstić information content (AvgIpc) is 2.72. The van der Waals surface area contributed by atoms with Gasteiger partial charge in [-0.05, 0) is 25.8 Å². The molecule has 0 bridgehead atoms. The van der Waals surface area contributed by atoms with Crippen LogP contribution in [0.3, 0.4) is 0 Å². The molecule has 2 aromatic rings. The normalized spacial score (nSPS) is 15.8. The molecule has 162 valence electrons. The topological polar surface area (TPSA) is 63.0 Å². The van der Waals surface area contributed by atoms with Gasteiger partial charge in [-0.1, -0.05) is 43.2 Å². The van der Waals surface area contributed by atoms with E-state index in [1.165, 1.54) is 23.5 Å². The number of rotatable bonds is 7. The summed E-state index contributed by atoms with van der Waals surface area (Å²) in [7, 11) is 0. The predicted molar refractivity (Wildman–Crippen MR) is 117 cm³/mol. The van der Waals surface area contributed by atoms with Crippen LogP contribution in [0.4, 0.5) is 0 Å². The molecule has 6 nitrogen and oxygen atoms in total. The molecule has 0 spiro atoms. The van der Waals surface area contributed by atoms with Crippen LogP contribution >= 0.6 is 0 Å². The standard InChI is InChI=1S/C24H32N2O4/c1-5-19(4)24(28)26-8-6-25(7-9-26)14-21-13-22(27)23(16-29-21)30-15-20-11-17(2)10-18(3)12-20/h10-13,16,19H,5-9,14-15H2,1-4H3/t19-/m1/s1. The fourth-order valence-corrected chi connectivity index (χ4v) is 3.77. The van der Waals surface area contributed by atoms with Crippen LogP contribution in [0.2, 0.25) is 0 Å². The molecule has 1 atom stereocenters. The molecule has 1 saturated heterocycles. The molecular weight excluding hydrogens is 380 g/mol. The Kier molecular flexibility index (Phi) is 7.32. The summed E-state index contributed by atoms with van der Waals surface area (Å²) in [6.07, 6.45) is 2.27. The van der Waals surface area contributed by atoms with Crippen LogP contribution in [0.15, 0.2) is 39.7 Å². The molecule has 1 aliphatic rings. The van der Waals surface area contributed by atoms with E-state index >= 15 is 0 Å². The Labute approximate surface area is 178 Å². The number of ether oxygens (including phenoxy) is 1. The minimum absolute atomic E-state index is 0.0748. The Morgan fingerprint density at radius 3 is 2.37 bits per heavy atom. The van der Waals surface area contributed by atoms with Crippen molar-refractivity contribution < 1.29 is 13.9 Å². The molecule has 1 aromatic heterocycles. The first-order valence-electron chi connectivity index (χ1n) is 10.7. The van der Waals surface area contributed by atoms with E-state index in [-0.39, 0.29) is 23.0 Å². The summed E-state index contributed by atoms with van der Waals surface area (Å²) in [4.78, 5) is 28.9. The van der Waals surface area contributed by atoms with Gasteiger partial charge in [0.15, 0.2) is 0 Å². The summed E-state index contributed by atoms with van der Waals surface area (Å²) in [6, 6.07) is 7.71. The zero-order valence-corrected chi connectivity index (χ0v) is 18.4. The third-order valence-corrected chi connectivity index (χ3v) is 5.63. The zero-order chi connectivity index (χ0) is 21.7. The molecule has 30 heavy (non-hydrogen) atoms. The molecule has 1 fully saturated rings. The summed E-state index contributed by atoms with van der Waals surface area (Å²) in [5.41, 5.74) is 3.19. The summed E-state index contributed by atoms with van der Waals surface area (Å²) < 4.78 is 11.3. The maximum Gasteiger partial charge on any atom is 0.227 e. The van der Waals surface area contributed by atoms with Gasteiger partial charge < -0.3 is 14.1 Å². The maximum absolute atomic E-state index is 12.4. The highest BCUT2D eigenvalue weighted by molar-refractivity contribution is 5.78. The van der Waals surface area contributed by atoms with E-state index in [2.05, 4.69) is 23.1 Å². The summed E-state index contributed by atoms with van der Waals surface area (Å²) in [5, 5.41) is 0. The summed E-state index contributed by atoms with van der Waals surface area (Å²) in [6.45, 7) is 12.0. The van der Waals surface area contributed by atoms with Crippen molar-refractivity contribution in [3.8, 4) is 5.75 Å². The SMILES string of the molecule is CC[C@@H](C)C(=O)N1CCN(Cc2cc(=O)c(OCc3cc(C)cc(C)c3)co2)CC1. The van der Waals surface area contributed by atoms with E-state index in [0.29, 0.717) is 32.0 Å². The minimum Gasteiger partial charge on any atom is -0.482 e. The highest BCUT2D eigenvalue weighted by atomic mass is 16.5. The number of carbonyl (C=O) groups is 1. The number of nitrogens with zero attached hydrogens (tertiary/aromatic N) is 2. The lowest BCUT2D eigenvalue weighted by Gasteiger charge is -2.35. The van der Waals surface area contributed by atoms with Crippen LogP contribution in [-0.4, -0.2) is 41.9 Å². The highest BCUT2D eigenvalue weighted by Crippen LogP contribution is 2.15. The molecule has 1 aliphatic heterocycles. The van der Waals surface area contributed by atoms with Crippen LogP contribution in [0.25, 0.3) is 0 Å². The second kappa shape index (κ2) is 9.94. The van der Waals surface area contributed by atoms with Crippen molar-refractivity contribution >= 4 is 5.91 Å². The van der Waals surface area contributed by atoms with Crippen LogP contribution in [0.1, 0.15) is 42.7 Å². The fraction of sp³-hybridized carbons (Fsp3) is 0.500. The molecular formula is C24H32N2O4. The van der Waals surface area contributed by atoms with Crippen molar-refractivity contribution in [2.45, 2.75) is 47.3 Å². The van der Waals surface area contributed by atoms with Crippen molar-refractivity contribution in [2.24, 2.45) is 5.92 Å². The van der Waals surface area contributed by atoms with Gasteiger partial charge in [0.05, 0.1) is 6.54 Å². The van der Waals surface area contributed by atoms with Gasteiger partial charge in [-0.15, -0.1) is 0 Å². The van der Waals surface area contributed by atoms with E-state index in [0.717, 1.165) is 25.1 Å². The molecule has 0 aliphatic carbocycles. The smallest absolute Gasteiger partial charge is 0.227 e. The first-order valence-corrected chi connectivity index (χ1v) is 10.7. The summed E-state index contributed by atoms with van der Waals surface area (Å²) >= 11 is 0. The first kappa shape index (κ1) is 22.1. The second-order valence-electron chi connectivity index (χ2n) is 8.27. The van der Waals surface area contributed by atoms with Gasteiger partial charge in [0.1, 0.15) is 18.6 Å². The molecule has 1 amide bonds. The maximum atomic E-state index is 12.4. The van der Waals surface area contributed by atoms with Crippen LogP contribution in [0, 0.1) is 19.8 Å². The largest absolute Gasteiger partial charge is 0.482 e. The Bertz CT molecular complexity index is 909. The Balaban J connectivity index is 1.53. The highest BCUT2D eigenvalue weighted by Gasteiger charge is 2.24. The lowest BCUT2D eigenvalue weighted by molar-refractivity contribution is -0.136. The van der Waals surface area contributed by atoms with Gasteiger partial charge in [-0.2, -0.15) is 0 Å². The van der Waals surface area contributed by atoms with Crippen molar-refractivity contribution in [1.82, 2.24) is 9.80 Å². The third kappa shape index (κ3) is 5.72. The number of carbonyl (C=O) groups excluding carboxylic acids is 1. The van der Waals surface area contributed by atoms with E-state index in [4.69, 9.17) is 9.15 Å². The van der Waals surface area contributed by atoms with Crippen LogP contribution in [0.5, 0.6) is 5.75 Å². The van der Waals surface area contributed by atoms with E-state index in [9.17, 15) is 9.59 Å². The van der Waals surface area contributed by atoms with Gasteiger partial charge in [0.25, 0.3) is 0 Å². The number of amides is 1. The van der Waals surface area contributed by atoms with Crippen molar-refractivity contribution in [1.29, 1.82) is 0 Å². The lowest BCUT2D eigenvalue weighted by Crippen LogP contribution is -2.49. The molecule has 1 aromatic carbocycles. The van der Waals surface area contributed by atoms with Crippen molar-refractivity contribution in [3.63, 3.8) is 0 Å².